The van der Waals surface area contributed by atoms with Crippen LogP contribution in [0.25, 0.3) is 0 Å². The summed E-state index contributed by atoms with van der Waals surface area (Å²) in [5, 5.41) is 2.71. The molecule has 126 valence electrons. The standard InChI is InChI=1S/C17H16INO5/c1-22-17(21)11-24-15-8-4-13(5-9-15)19-16(20)10-23-14-6-2-12(18)3-7-14/h2-9H,10-11H2,1H3,(H,19,20). The van der Waals surface area contributed by atoms with Crippen molar-refractivity contribution in [2.24, 2.45) is 0 Å². The maximum Gasteiger partial charge on any atom is 0.343 e. The molecule has 24 heavy (non-hydrogen) atoms. The third-order valence-corrected chi connectivity index (χ3v) is 3.63. The quantitative estimate of drug-likeness (QED) is 0.529. The summed E-state index contributed by atoms with van der Waals surface area (Å²) in [5.41, 5.74) is 0.608. The molecule has 0 unspecified atom stereocenters. The number of benzene rings is 2. The Hall–Kier alpha value is -2.29. The predicted octanol–water partition coefficient (Wildman–Crippen LogP) is 2.86. The van der Waals surface area contributed by atoms with Gasteiger partial charge in [-0.05, 0) is 71.1 Å². The smallest absolute Gasteiger partial charge is 0.343 e. The van der Waals surface area contributed by atoms with Gasteiger partial charge in [0.1, 0.15) is 11.5 Å². The molecule has 6 nitrogen and oxygen atoms in total. The largest absolute Gasteiger partial charge is 0.484 e. The number of methoxy groups -OCH3 is 1. The van der Waals surface area contributed by atoms with Crippen LogP contribution < -0.4 is 14.8 Å². The second-order valence-electron chi connectivity index (χ2n) is 4.68. The molecule has 7 heteroatoms. The van der Waals surface area contributed by atoms with Crippen LogP contribution in [0.15, 0.2) is 48.5 Å². The van der Waals surface area contributed by atoms with E-state index in [0.717, 1.165) is 3.57 Å². The fourth-order valence-electron chi connectivity index (χ4n) is 1.71. The minimum atomic E-state index is -0.458. The van der Waals surface area contributed by atoms with E-state index in [4.69, 9.17) is 9.47 Å². The van der Waals surface area contributed by atoms with Crippen LogP contribution in [0, 0.1) is 3.57 Å². The zero-order chi connectivity index (χ0) is 17.4. The third-order valence-electron chi connectivity index (χ3n) is 2.91. The summed E-state index contributed by atoms with van der Waals surface area (Å²) in [5.74, 6) is 0.419. The number of nitrogens with one attached hydrogen (secondary N) is 1. The minimum Gasteiger partial charge on any atom is -0.484 e. The highest BCUT2D eigenvalue weighted by Gasteiger charge is 2.05. The predicted molar refractivity (Wildman–Crippen MR) is 97.2 cm³/mol. The van der Waals surface area contributed by atoms with E-state index < -0.39 is 5.97 Å². The Morgan fingerprint density at radius 3 is 2.04 bits per heavy atom. The minimum absolute atomic E-state index is 0.0822. The number of esters is 1. The average Bonchev–Trinajstić information content (AvgIpc) is 2.60. The lowest BCUT2D eigenvalue weighted by molar-refractivity contribution is -0.142. The second kappa shape index (κ2) is 9.11. The van der Waals surface area contributed by atoms with Crippen molar-refractivity contribution >= 4 is 40.2 Å². The molecule has 0 spiro atoms. The lowest BCUT2D eigenvalue weighted by Crippen LogP contribution is -2.20. The highest BCUT2D eigenvalue weighted by atomic mass is 127. The van der Waals surface area contributed by atoms with Gasteiger partial charge in [0.2, 0.25) is 0 Å². The number of hydrogen-bond acceptors (Lipinski definition) is 5. The summed E-state index contributed by atoms with van der Waals surface area (Å²) in [7, 11) is 1.29. The molecule has 0 heterocycles. The number of rotatable bonds is 7. The van der Waals surface area contributed by atoms with Crippen molar-refractivity contribution in [2.75, 3.05) is 25.6 Å². The highest BCUT2D eigenvalue weighted by Crippen LogP contribution is 2.16. The third kappa shape index (κ3) is 6.07. The van der Waals surface area contributed by atoms with E-state index in [-0.39, 0.29) is 19.1 Å². The van der Waals surface area contributed by atoms with E-state index in [1.807, 2.05) is 24.3 Å². The molecule has 2 aromatic rings. The van der Waals surface area contributed by atoms with Crippen molar-refractivity contribution in [3.05, 3.63) is 52.1 Å². The summed E-state index contributed by atoms with van der Waals surface area (Å²) in [6.45, 7) is -0.243. The van der Waals surface area contributed by atoms with Gasteiger partial charge < -0.3 is 19.5 Å². The molecule has 0 fully saturated rings. The van der Waals surface area contributed by atoms with Gasteiger partial charge in [0.15, 0.2) is 13.2 Å². The average molecular weight is 441 g/mol. The van der Waals surface area contributed by atoms with Crippen molar-refractivity contribution < 1.29 is 23.8 Å². The Bertz CT molecular complexity index is 685. The lowest BCUT2D eigenvalue weighted by atomic mass is 10.3. The molecule has 0 radical (unpaired) electrons. The molecule has 0 aromatic heterocycles. The molecule has 0 saturated heterocycles. The van der Waals surface area contributed by atoms with Crippen LogP contribution in [0.5, 0.6) is 11.5 Å². The zero-order valence-electron chi connectivity index (χ0n) is 13.0. The van der Waals surface area contributed by atoms with Crippen LogP contribution in [-0.2, 0) is 14.3 Å². The molecular weight excluding hydrogens is 425 g/mol. The van der Waals surface area contributed by atoms with Gasteiger partial charge in [0, 0.05) is 9.26 Å². The van der Waals surface area contributed by atoms with E-state index in [9.17, 15) is 9.59 Å². The number of ether oxygens (including phenoxy) is 3. The summed E-state index contributed by atoms with van der Waals surface area (Å²) >= 11 is 2.20. The van der Waals surface area contributed by atoms with Gasteiger partial charge in [0.05, 0.1) is 7.11 Å². The van der Waals surface area contributed by atoms with E-state index in [0.29, 0.717) is 17.2 Å². The number of amides is 1. The van der Waals surface area contributed by atoms with Gasteiger partial charge in [-0.3, -0.25) is 4.79 Å². The molecule has 0 aliphatic rings. The molecule has 2 rings (SSSR count). The Kier molecular flexibility index (Phi) is 6.86. The van der Waals surface area contributed by atoms with Crippen molar-refractivity contribution in [1.29, 1.82) is 0 Å². The van der Waals surface area contributed by atoms with Gasteiger partial charge in [0.25, 0.3) is 5.91 Å². The fourth-order valence-corrected chi connectivity index (χ4v) is 2.07. The van der Waals surface area contributed by atoms with Gasteiger partial charge >= 0.3 is 5.97 Å². The van der Waals surface area contributed by atoms with Crippen LogP contribution in [0.1, 0.15) is 0 Å². The molecule has 0 saturated carbocycles. The van der Waals surface area contributed by atoms with Crippen molar-refractivity contribution in [2.45, 2.75) is 0 Å². The zero-order valence-corrected chi connectivity index (χ0v) is 15.1. The monoisotopic (exact) mass is 441 g/mol. The number of halogens is 1. The Morgan fingerprint density at radius 2 is 1.46 bits per heavy atom. The molecule has 2 aromatic carbocycles. The van der Waals surface area contributed by atoms with Crippen LogP contribution >= 0.6 is 22.6 Å². The van der Waals surface area contributed by atoms with Gasteiger partial charge in [-0.25, -0.2) is 4.79 Å². The van der Waals surface area contributed by atoms with Crippen LogP contribution in [0.2, 0.25) is 0 Å². The summed E-state index contributed by atoms with van der Waals surface area (Å²) < 4.78 is 16.2. The summed E-state index contributed by atoms with van der Waals surface area (Å²) in [4.78, 5) is 22.8. The fraction of sp³-hybridized carbons (Fsp3) is 0.176. The number of carbonyl (C=O) groups is 2. The summed E-state index contributed by atoms with van der Waals surface area (Å²) in [6.07, 6.45) is 0. The van der Waals surface area contributed by atoms with Crippen molar-refractivity contribution in [1.82, 2.24) is 0 Å². The van der Waals surface area contributed by atoms with E-state index in [1.165, 1.54) is 7.11 Å². The molecule has 0 bridgehead atoms. The van der Waals surface area contributed by atoms with Gasteiger partial charge in [-0.15, -0.1) is 0 Å². The molecule has 1 N–H and O–H groups in total. The molecule has 1 amide bonds. The maximum absolute atomic E-state index is 11.9. The molecule has 0 aliphatic heterocycles. The van der Waals surface area contributed by atoms with Crippen molar-refractivity contribution in [3.63, 3.8) is 0 Å². The molecule has 0 aliphatic carbocycles. The first-order valence-electron chi connectivity index (χ1n) is 7.05. The van der Waals surface area contributed by atoms with E-state index in [2.05, 4.69) is 32.6 Å². The topological polar surface area (TPSA) is 73.9 Å². The Morgan fingerprint density at radius 1 is 0.917 bits per heavy atom. The van der Waals surface area contributed by atoms with Gasteiger partial charge in [-0.2, -0.15) is 0 Å². The summed E-state index contributed by atoms with van der Waals surface area (Å²) in [6, 6.07) is 14.1. The van der Waals surface area contributed by atoms with Gasteiger partial charge in [-0.1, -0.05) is 0 Å². The first-order chi connectivity index (χ1) is 11.6. The maximum atomic E-state index is 11.9. The van der Waals surface area contributed by atoms with Crippen LogP contribution in [-0.4, -0.2) is 32.2 Å². The van der Waals surface area contributed by atoms with Crippen molar-refractivity contribution in [3.8, 4) is 11.5 Å². The Balaban J connectivity index is 1.79. The number of carbonyl (C=O) groups excluding carboxylic acids is 2. The molecule has 0 atom stereocenters. The highest BCUT2D eigenvalue weighted by molar-refractivity contribution is 14.1. The first-order valence-corrected chi connectivity index (χ1v) is 8.12. The van der Waals surface area contributed by atoms with E-state index >= 15 is 0 Å². The van der Waals surface area contributed by atoms with Crippen LogP contribution in [0.3, 0.4) is 0 Å². The first kappa shape index (κ1) is 18.1. The van der Waals surface area contributed by atoms with Crippen LogP contribution in [0.4, 0.5) is 5.69 Å². The van der Waals surface area contributed by atoms with E-state index in [1.54, 1.807) is 24.3 Å². The Labute approximate surface area is 153 Å². The lowest BCUT2D eigenvalue weighted by Gasteiger charge is -2.09. The number of anilines is 1. The molecular formula is C17H16INO5. The second-order valence-corrected chi connectivity index (χ2v) is 5.93. The normalized spacial score (nSPS) is 9.92. The SMILES string of the molecule is COC(=O)COc1ccc(NC(=O)COc2ccc(I)cc2)cc1. The number of hydrogen-bond donors (Lipinski definition) is 1.